The summed E-state index contributed by atoms with van der Waals surface area (Å²) in [6.45, 7) is 3.19. The summed E-state index contributed by atoms with van der Waals surface area (Å²) >= 11 is 0.925. The Morgan fingerprint density at radius 3 is 2.56 bits per heavy atom. The summed E-state index contributed by atoms with van der Waals surface area (Å²) < 4.78 is 39.7. The Kier molecular flexibility index (Phi) is 6.40. The van der Waals surface area contributed by atoms with Crippen LogP contribution >= 0.6 is 11.8 Å². The fourth-order valence-corrected chi connectivity index (χ4v) is 2.70. The van der Waals surface area contributed by atoms with E-state index in [4.69, 9.17) is 0 Å². The zero-order chi connectivity index (χ0) is 18.4. The second-order valence-electron chi connectivity index (χ2n) is 5.73. The summed E-state index contributed by atoms with van der Waals surface area (Å²) in [5.41, 5.74) is 0.475. The van der Waals surface area contributed by atoms with Gasteiger partial charge in [0.1, 0.15) is 6.54 Å². The molecule has 2 rings (SSSR count). The molecule has 2 aromatic rings. The maximum Gasteiger partial charge on any atom is 0.406 e. The van der Waals surface area contributed by atoms with Crippen LogP contribution in [0.15, 0.2) is 29.7 Å². The number of hydrogen-bond acceptors (Lipinski definition) is 5. The molecule has 0 unspecified atom stereocenters. The van der Waals surface area contributed by atoms with E-state index in [1.807, 2.05) is 13.8 Å². The van der Waals surface area contributed by atoms with Gasteiger partial charge >= 0.3 is 6.18 Å². The second-order valence-corrected chi connectivity index (χ2v) is 6.67. The number of pyridine rings is 1. The first-order valence-electron chi connectivity index (χ1n) is 7.56. The molecule has 0 aliphatic carbocycles. The Labute approximate surface area is 147 Å². The lowest BCUT2D eigenvalue weighted by Gasteiger charge is -2.12. The fraction of sp³-hybridized carbons (Fsp3) is 0.467. The van der Waals surface area contributed by atoms with Gasteiger partial charge in [0.05, 0.1) is 5.75 Å². The van der Waals surface area contributed by atoms with Crippen LogP contribution in [0.3, 0.4) is 0 Å². The van der Waals surface area contributed by atoms with Crippen LogP contribution in [0.5, 0.6) is 0 Å². The van der Waals surface area contributed by atoms with Crippen molar-refractivity contribution in [2.75, 3.05) is 12.3 Å². The van der Waals surface area contributed by atoms with Gasteiger partial charge in [0.2, 0.25) is 5.91 Å². The van der Waals surface area contributed by atoms with Gasteiger partial charge in [0, 0.05) is 24.5 Å². The van der Waals surface area contributed by atoms with Crippen LogP contribution in [-0.2, 0) is 11.3 Å². The minimum Gasteiger partial charge on any atom is -0.355 e. The van der Waals surface area contributed by atoms with E-state index in [9.17, 15) is 18.0 Å². The maximum atomic E-state index is 12.9. The predicted octanol–water partition coefficient (Wildman–Crippen LogP) is 2.77. The number of amides is 1. The number of rotatable bonds is 7. The molecule has 2 heterocycles. The van der Waals surface area contributed by atoms with Crippen molar-refractivity contribution in [3.8, 4) is 11.4 Å². The lowest BCUT2D eigenvalue weighted by Crippen LogP contribution is -2.29. The Balaban J connectivity index is 2.17. The minimum atomic E-state index is -4.43. The third-order valence-corrected chi connectivity index (χ3v) is 4.00. The average Bonchev–Trinajstić information content (AvgIpc) is 2.92. The zero-order valence-corrected chi connectivity index (χ0v) is 14.6. The van der Waals surface area contributed by atoms with Crippen molar-refractivity contribution in [1.29, 1.82) is 0 Å². The SMILES string of the molecule is CC(C)CNC(=O)CSc1nnc(-c2ccncc2)n1CC(F)(F)F. The van der Waals surface area contributed by atoms with Crippen molar-refractivity contribution in [2.45, 2.75) is 31.7 Å². The van der Waals surface area contributed by atoms with Crippen molar-refractivity contribution < 1.29 is 18.0 Å². The largest absolute Gasteiger partial charge is 0.406 e. The van der Waals surface area contributed by atoms with Crippen LogP contribution in [0, 0.1) is 5.92 Å². The molecule has 0 atom stereocenters. The molecule has 25 heavy (non-hydrogen) atoms. The number of alkyl halides is 3. The highest BCUT2D eigenvalue weighted by atomic mass is 32.2. The average molecular weight is 373 g/mol. The molecule has 0 saturated carbocycles. The number of aromatic nitrogens is 4. The number of nitrogens with zero attached hydrogens (tertiary/aromatic N) is 4. The van der Waals surface area contributed by atoms with Gasteiger partial charge in [-0.05, 0) is 18.1 Å². The molecular weight excluding hydrogens is 355 g/mol. The zero-order valence-electron chi connectivity index (χ0n) is 13.7. The number of carbonyl (C=O) groups is 1. The molecule has 0 bridgehead atoms. The minimum absolute atomic E-state index is 0.0287. The van der Waals surface area contributed by atoms with E-state index in [1.165, 1.54) is 12.4 Å². The number of thioether (sulfide) groups is 1. The molecule has 6 nitrogen and oxygen atoms in total. The highest BCUT2D eigenvalue weighted by Gasteiger charge is 2.31. The third kappa shape index (κ3) is 6.04. The quantitative estimate of drug-likeness (QED) is 0.756. The van der Waals surface area contributed by atoms with Crippen LogP contribution < -0.4 is 5.32 Å². The van der Waals surface area contributed by atoms with Crippen LogP contribution in [0.4, 0.5) is 13.2 Å². The van der Waals surface area contributed by atoms with Crippen LogP contribution in [-0.4, -0.2) is 44.1 Å². The number of carbonyl (C=O) groups excluding carboxylic acids is 1. The lowest BCUT2D eigenvalue weighted by atomic mass is 10.2. The van der Waals surface area contributed by atoms with Gasteiger partial charge in [-0.1, -0.05) is 25.6 Å². The van der Waals surface area contributed by atoms with Gasteiger partial charge in [-0.3, -0.25) is 14.3 Å². The number of hydrogen-bond donors (Lipinski definition) is 1. The standard InChI is InChI=1S/C15H18F3N5OS/c1-10(2)7-20-12(24)8-25-14-22-21-13(11-3-5-19-6-4-11)23(14)9-15(16,17)18/h3-6,10H,7-9H2,1-2H3,(H,20,24). The third-order valence-electron chi connectivity index (χ3n) is 3.03. The molecule has 0 spiro atoms. The van der Waals surface area contributed by atoms with Crippen LogP contribution in [0.1, 0.15) is 13.8 Å². The Bertz CT molecular complexity index is 703. The summed E-state index contributed by atoms with van der Waals surface area (Å²) in [4.78, 5) is 15.6. The van der Waals surface area contributed by atoms with Gasteiger partial charge in [-0.2, -0.15) is 13.2 Å². The Morgan fingerprint density at radius 1 is 1.28 bits per heavy atom. The first-order valence-corrected chi connectivity index (χ1v) is 8.54. The topological polar surface area (TPSA) is 72.7 Å². The number of nitrogens with one attached hydrogen (secondary N) is 1. The lowest BCUT2D eigenvalue weighted by molar-refractivity contribution is -0.141. The molecule has 1 amide bonds. The molecular formula is C15H18F3N5OS. The molecule has 136 valence electrons. The Morgan fingerprint density at radius 2 is 1.96 bits per heavy atom. The van der Waals surface area contributed by atoms with E-state index in [0.29, 0.717) is 18.0 Å². The summed E-state index contributed by atoms with van der Waals surface area (Å²) in [5, 5.41) is 10.4. The molecule has 0 fully saturated rings. The first kappa shape index (κ1) is 19.2. The van der Waals surface area contributed by atoms with Crippen molar-refractivity contribution in [1.82, 2.24) is 25.1 Å². The van der Waals surface area contributed by atoms with Crippen LogP contribution in [0.25, 0.3) is 11.4 Å². The molecule has 0 radical (unpaired) electrons. The summed E-state index contributed by atoms with van der Waals surface area (Å²) in [6, 6.07) is 3.11. The van der Waals surface area contributed by atoms with Crippen molar-refractivity contribution in [3.63, 3.8) is 0 Å². The molecule has 0 aliphatic heterocycles. The van der Waals surface area contributed by atoms with Crippen LogP contribution in [0.2, 0.25) is 0 Å². The normalized spacial score (nSPS) is 11.8. The molecule has 0 aromatic carbocycles. The molecule has 1 N–H and O–H groups in total. The molecule has 0 aliphatic rings. The molecule has 2 aromatic heterocycles. The Hall–Kier alpha value is -2.10. The van der Waals surface area contributed by atoms with E-state index in [0.717, 1.165) is 16.3 Å². The van der Waals surface area contributed by atoms with Crippen molar-refractivity contribution in [3.05, 3.63) is 24.5 Å². The van der Waals surface area contributed by atoms with Gasteiger partial charge in [0.25, 0.3) is 0 Å². The monoisotopic (exact) mass is 373 g/mol. The predicted molar refractivity (Wildman–Crippen MR) is 87.9 cm³/mol. The number of halogens is 3. The molecule has 0 saturated heterocycles. The highest BCUT2D eigenvalue weighted by molar-refractivity contribution is 7.99. The smallest absolute Gasteiger partial charge is 0.355 e. The summed E-state index contributed by atoms with van der Waals surface area (Å²) in [6.07, 6.45) is -1.50. The van der Waals surface area contributed by atoms with E-state index >= 15 is 0 Å². The first-order chi connectivity index (χ1) is 11.8. The van der Waals surface area contributed by atoms with E-state index in [2.05, 4.69) is 20.5 Å². The van der Waals surface area contributed by atoms with Crippen molar-refractivity contribution >= 4 is 17.7 Å². The van der Waals surface area contributed by atoms with E-state index in [-0.39, 0.29) is 22.6 Å². The highest BCUT2D eigenvalue weighted by Crippen LogP contribution is 2.28. The second kappa shape index (κ2) is 8.32. The van der Waals surface area contributed by atoms with E-state index < -0.39 is 12.7 Å². The van der Waals surface area contributed by atoms with E-state index in [1.54, 1.807) is 12.1 Å². The maximum absolute atomic E-state index is 12.9. The fourth-order valence-electron chi connectivity index (χ4n) is 1.93. The molecule has 10 heteroatoms. The van der Waals surface area contributed by atoms with Gasteiger partial charge in [-0.15, -0.1) is 10.2 Å². The van der Waals surface area contributed by atoms with Gasteiger partial charge in [-0.25, -0.2) is 0 Å². The summed E-state index contributed by atoms with van der Waals surface area (Å²) in [5.74, 6) is 0.0932. The summed E-state index contributed by atoms with van der Waals surface area (Å²) in [7, 11) is 0. The van der Waals surface area contributed by atoms with Gasteiger partial charge in [0.15, 0.2) is 11.0 Å². The van der Waals surface area contributed by atoms with Gasteiger partial charge < -0.3 is 5.32 Å². The van der Waals surface area contributed by atoms with Crippen molar-refractivity contribution in [2.24, 2.45) is 5.92 Å².